The van der Waals surface area contributed by atoms with E-state index in [2.05, 4.69) is 51.2 Å². The Morgan fingerprint density at radius 1 is 1.19 bits per heavy atom. The highest BCUT2D eigenvalue weighted by Crippen LogP contribution is 2.31. The summed E-state index contributed by atoms with van der Waals surface area (Å²) in [6.07, 6.45) is 5.67. The number of allylic oxidation sites excluding steroid dienone is 1. The molecule has 1 aliphatic carbocycles. The first-order valence-electron chi connectivity index (χ1n) is 14.9. The number of methoxy groups -OCH3 is 1. The fourth-order valence-corrected chi connectivity index (χ4v) is 4.97. The molecule has 1 aromatic rings. The summed E-state index contributed by atoms with van der Waals surface area (Å²) >= 11 is 1.11. The number of nitrogens with zero attached hydrogens (tertiary/aromatic N) is 2. The average Bonchev–Trinajstić information content (AvgIpc) is 3.85. The van der Waals surface area contributed by atoms with Crippen LogP contribution in [0, 0.1) is 35.5 Å². The topological polar surface area (TPSA) is 119 Å². The number of nitrogens with one attached hydrogen (secondary N) is 2. The fourth-order valence-electron chi connectivity index (χ4n) is 4.34. The lowest BCUT2D eigenvalue weighted by Gasteiger charge is -2.26. The highest BCUT2D eigenvalue weighted by Gasteiger charge is 2.27. The number of nitrogens with two attached hydrogens (primary N) is 2. The molecule has 1 saturated carbocycles. The number of piperidine rings is 1. The number of rotatable bonds is 7. The summed E-state index contributed by atoms with van der Waals surface area (Å²) in [7, 11) is 3.50. The number of carbonyl (C=O) groups is 1. The van der Waals surface area contributed by atoms with E-state index in [0.29, 0.717) is 28.5 Å². The summed E-state index contributed by atoms with van der Waals surface area (Å²) in [6, 6.07) is 0.378. The highest BCUT2D eigenvalue weighted by molar-refractivity contribution is 8.00. The van der Waals surface area contributed by atoms with Crippen molar-refractivity contribution in [2.75, 3.05) is 27.2 Å². The lowest BCUT2D eigenvalue weighted by atomic mass is 9.94. The molecule has 2 aliphatic heterocycles. The van der Waals surface area contributed by atoms with Gasteiger partial charge in [-0.3, -0.25) is 4.79 Å². The van der Waals surface area contributed by atoms with Crippen LogP contribution in [-0.2, 0) is 4.74 Å². The van der Waals surface area contributed by atoms with Crippen LogP contribution in [0.1, 0.15) is 75.0 Å². The molecular formula is C32H46F2N6O2S. The average molecular weight is 617 g/mol. The molecule has 2 fully saturated rings. The van der Waals surface area contributed by atoms with Crippen LogP contribution in [0.4, 0.5) is 8.78 Å². The molecule has 0 spiro atoms. The molecule has 0 bridgehead atoms. The van der Waals surface area contributed by atoms with Gasteiger partial charge in [-0.15, -0.1) is 0 Å². The monoisotopic (exact) mass is 616 g/mol. The standard InChI is InChI=1S/C28H34F2N6O2S.2C2H6/c1-36-11-3-4-18(16-36)7-9-19-12-20(21-13-23(26(29)30)34-15-24(21)38-2)22(14-33-19)27(37)35-28(32)39-25(31)10-8-17-5-6-17;2*1-2/h12-15,17-18,23,25-26,28,34H,3-6,11,16,31-32H2,1-2H3,(H,35,37);2*1-2H3. The molecule has 0 aromatic carbocycles. The van der Waals surface area contributed by atoms with E-state index in [1.807, 2.05) is 27.7 Å². The van der Waals surface area contributed by atoms with Crippen LogP contribution in [-0.4, -0.2) is 66.4 Å². The SMILES string of the molecule is CC.CC.COC1=CNC(C(F)F)C=C1c1cc(C#CC2CCCN(C)C2)ncc1C(=O)NC(N)SC(N)C#CC1CC1. The number of dihydropyridines is 1. The van der Waals surface area contributed by atoms with Gasteiger partial charge in [-0.25, -0.2) is 13.8 Å². The van der Waals surface area contributed by atoms with Crippen molar-refractivity contribution in [1.29, 1.82) is 0 Å². The summed E-state index contributed by atoms with van der Waals surface area (Å²) in [6.45, 7) is 9.91. The van der Waals surface area contributed by atoms with Crippen LogP contribution in [0.15, 0.2) is 30.3 Å². The maximum atomic E-state index is 13.6. The molecule has 3 heterocycles. The number of thioether (sulfide) groups is 1. The normalized spacial score (nSPS) is 20.8. The van der Waals surface area contributed by atoms with Gasteiger partial charge >= 0.3 is 0 Å². The lowest BCUT2D eigenvalue weighted by molar-refractivity contribution is 0.0950. The van der Waals surface area contributed by atoms with Crippen molar-refractivity contribution >= 4 is 23.2 Å². The van der Waals surface area contributed by atoms with E-state index in [4.69, 9.17) is 16.2 Å². The number of ether oxygens (including phenoxy) is 1. The minimum Gasteiger partial charge on any atom is -0.495 e. The summed E-state index contributed by atoms with van der Waals surface area (Å²) in [5, 5.41) is 4.77. The van der Waals surface area contributed by atoms with Crippen LogP contribution >= 0.6 is 11.8 Å². The van der Waals surface area contributed by atoms with E-state index >= 15 is 0 Å². The van der Waals surface area contributed by atoms with E-state index in [1.165, 1.54) is 25.6 Å². The molecule has 0 radical (unpaired) electrons. The van der Waals surface area contributed by atoms with Gasteiger partial charge in [-0.2, -0.15) is 0 Å². The molecule has 11 heteroatoms. The third-order valence-corrected chi connectivity index (χ3v) is 7.37. The van der Waals surface area contributed by atoms with Crippen LogP contribution in [0.25, 0.3) is 5.57 Å². The van der Waals surface area contributed by atoms with E-state index in [0.717, 1.165) is 50.5 Å². The number of likely N-dealkylation sites (tertiary alicyclic amines) is 1. The van der Waals surface area contributed by atoms with Crippen molar-refractivity contribution in [2.24, 2.45) is 23.3 Å². The quantitative estimate of drug-likeness (QED) is 0.264. The second kappa shape index (κ2) is 18.5. The first-order chi connectivity index (χ1) is 20.7. The summed E-state index contributed by atoms with van der Waals surface area (Å²) < 4.78 is 32.7. The highest BCUT2D eigenvalue weighted by atomic mass is 32.2. The Hall–Kier alpha value is -3.09. The van der Waals surface area contributed by atoms with Gasteiger partial charge < -0.3 is 31.7 Å². The Balaban J connectivity index is 0.00000155. The predicted octanol–water partition coefficient (Wildman–Crippen LogP) is 4.34. The minimum absolute atomic E-state index is 0.149. The van der Waals surface area contributed by atoms with Gasteiger partial charge in [0.15, 0.2) is 0 Å². The molecule has 1 amide bonds. The van der Waals surface area contributed by atoms with E-state index < -0.39 is 29.2 Å². The fraction of sp³-hybridized carbons (Fsp3) is 0.562. The molecular weight excluding hydrogens is 570 g/mol. The van der Waals surface area contributed by atoms with Crippen molar-refractivity contribution in [3.05, 3.63) is 47.1 Å². The van der Waals surface area contributed by atoms with Gasteiger partial charge in [-0.1, -0.05) is 57.2 Å². The lowest BCUT2D eigenvalue weighted by Crippen LogP contribution is -2.41. The summed E-state index contributed by atoms with van der Waals surface area (Å²) in [5.41, 5.74) is 12.6. The van der Waals surface area contributed by atoms with Gasteiger partial charge in [0.25, 0.3) is 12.3 Å². The van der Waals surface area contributed by atoms with E-state index in [9.17, 15) is 13.6 Å². The molecule has 4 atom stereocenters. The minimum atomic E-state index is -2.67. The van der Waals surface area contributed by atoms with Gasteiger partial charge in [0.2, 0.25) is 0 Å². The number of carbonyl (C=O) groups excluding carboxylic acids is 1. The Morgan fingerprint density at radius 3 is 2.53 bits per heavy atom. The predicted molar refractivity (Wildman–Crippen MR) is 172 cm³/mol. The van der Waals surface area contributed by atoms with Crippen molar-refractivity contribution < 1.29 is 18.3 Å². The molecule has 1 saturated heterocycles. The molecule has 3 aliphatic rings. The first kappa shape index (κ1) is 36.1. The Kier molecular flexibility index (Phi) is 15.6. The molecule has 1 aromatic heterocycles. The third-order valence-electron chi connectivity index (χ3n) is 6.55. The van der Waals surface area contributed by atoms with Crippen LogP contribution in [0.3, 0.4) is 0 Å². The summed E-state index contributed by atoms with van der Waals surface area (Å²) in [5.74, 6) is 12.8. The number of halogens is 2. The maximum Gasteiger partial charge on any atom is 0.261 e. The van der Waals surface area contributed by atoms with Crippen LogP contribution in [0.5, 0.6) is 0 Å². The smallest absolute Gasteiger partial charge is 0.261 e. The first-order valence-corrected chi connectivity index (χ1v) is 15.9. The molecule has 6 N–H and O–H groups in total. The second-order valence-electron chi connectivity index (χ2n) is 9.82. The second-order valence-corrected chi connectivity index (χ2v) is 11.1. The Labute approximate surface area is 259 Å². The van der Waals surface area contributed by atoms with Crippen molar-refractivity contribution in [3.8, 4) is 23.7 Å². The number of pyridine rings is 1. The number of hydrogen-bond donors (Lipinski definition) is 4. The molecule has 236 valence electrons. The van der Waals surface area contributed by atoms with E-state index in [1.54, 1.807) is 6.07 Å². The molecule has 4 rings (SSSR count). The van der Waals surface area contributed by atoms with Gasteiger partial charge in [-0.05, 0) is 57.3 Å². The largest absolute Gasteiger partial charge is 0.495 e. The number of hydrogen-bond acceptors (Lipinski definition) is 8. The Morgan fingerprint density at radius 2 is 1.91 bits per heavy atom. The van der Waals surface area contributed by atoms with Crippen LogP contribution < -0.4 is 22.1 Å². The molecule has 4 unspecified atom stereocenters. The van der Waals surface area contributed by atoms with Crippen molar-refractivity contribution in [1.82, 2.24) is 20.5 Å². The van der Waals surface area contributed by atoms with Gasteiger partial charge in [0.05, 0.1) is 12.7 Å². The summed E-state index contributed by atoms with van der Waals surface area (Å²) in [4.78, 5) is 20.0. The zero-order chi connectivity index (χ0) is 31.9. The van der Waals surface area contributed by atoms with Crippen LogP contribution in [0.2, 0.25) is 0 Å². The van der Waals surface area contributed by atoms with Crippen molar-refractivity contribution in [2.45, 2.75) is 76.7 Å². The number of aromatic nitrogens is 1. The zero-order valence-corrected chi connectivity index (χ0v) is 26.9. The van der Waals surface area contributed by atoms with Crippen molar-refractivity contribution in [3.63, 3.8) is 0 Å². The number of amides is 1. The Bertz CT molecular complexity index is 1250. The van der Waals surface area contributed by atoms with Gasteiger partial charge in [0.1, 0.15) is 28.4 Å². The third kappa shape index (κ3) is 11.5. The van der Waals surface area contributed by atoms with E-state index in [-0.39, 0.29) is 11.5 Å². The zero-order valence-electron chi connectivity index (χ0n) is 26.0. The van der Waals surface area contributed by atoms with Gasteiger partial charge in [0, 0.05) is 41.9 Å². The molecule has 43 heavy (non-hydrogen) atoms. The maximum absolute atomic E-state index is 13.6. The molecule has 8 nitrogen and oxygen atoms in total. The number of alkyl halides is 2.